The van der Waals surface area contributed by atoms with Gasteiger partial charge in [0.05, 0.1) is 5.92 Å². The monoisotopic (exact) mass is 290 g/mol. The highest BCUT2D eigenvalue weighted by Crippen LogP contribution is 2.40. The molecular formula is C16H22N2O3. The Morgan fingerprint density at radius 3 is 2.67 bits per heavy atom. The van der Waals surface area contributed by atoms with E-state index in [-0.39, 0.29) is 18.6 Å². The van der Waals surface area contributed by atoms with Crippen molar-refractivity contribution in [3.8, 4) is 0 Å². The van der Waals surface area contributed by atoms with E-state index in [1.807, 2.05) is 25.1 Å². The minimum absolute atomic E-state index is 0.154. The Kier molecular flexibility index (Phi) is 5.20. The minimum atomic E-state index is -0.856. The molecule has 1 aliphatic carbocycles. The van der Waals surface area contributed by atoms with Crippen molar-refractivity contribution >= 4 is 12.0 Å². The molecule has 0 radical (unpaired) electrons. The van der Waals surface area contributed by atoms with Crippen molar-refractivity contribution in [2.24, 2.45) is 5.92 Å². The van der Waals surface area contributed by atoms with Crippen LogP contribution in [0.15, 0.2) is 30.3 Å². The highest BCUT2D eigenvalue weighted by molar-refractivity contribution is 5.76. The highest BCUT2D eigenvalue weighted by Gasteiger charge is 2.39. The summed E-state index contributed by atoms with van der Waals surface area (Å²) in [5, 5.41) is 14.6. The molecule has 2 rings (SSSR count). The Morgan fingerprint density at radius 2 is 2.05 bits per heavy atom. The fourth-order valence-electron chi connectivity index (χ4n) is 2.52. The third-order valence-electron chi connectivity index (χ3n) is 3.83. The highest BCUT2D eigenvalue weighted by atomic mass is 16.4. The third kappa shape index (κ3) is 4.48. The van der Waals surface area contributed by atoms with Crippen LogP contribution in [-0.2, 0) is 4.79 Å². The van der Waals surface area contributed by atoms with Gasteiger partial charge in [-0.1, -0.05) is 43.7 Å². The summed E-state index contributed by atoms with van der Waals surface area (Å²) in [5.74, 6) is -0.988. The van der Waals surface area contributed by atoms with Gasteiger partial charge >= 0.3 is 12.0 Å². The van der Waals surface area contributed by atoms with E-state index < -0.39 is 11.9 Å². The molecule has 0 heterocycles. The number of nitrogens with one attached hydrogen (secondary N) is 2. The van der Waals surface area contributed by atoms with Crippen molar-refractivity contribution in [1.29, 1.82) is 0 Å². The molecule has 114 valence electrons. The van der Waals surface area contributed by atoms with Crippen LogP contribution in [0.4, 0.5) is 4.79 Å². The van der Waals surface area contributed by atoms with E-state index in [0.29, 0.717) is 12.3 Å². The summed E-state index contributed by atoms with van der Waals surface area (Å²) in [7, 11) is 0. The smallest absolute Gasteiger partial charge is 0.315 e. The molecule has 3 atom stereocenters. The van der Waals surface area contributed by atoms with Gasteiger partial charge < -0.3 is 15.7 Å². The van der Waals surface area contributed by atoms with Gasteiger partial charge in [-0.05, 0) is 18.4 Å². The molecule has 0 aliphatic heterocycles. The van der Waals surface area contributed by atoms with Gasteiger partial charge in [-0.25, -0.2) is 4.79 Å². The third-order valence-corrected chi connectivity index (χ3v) is 3.83. The molecule has 5 heteroatoms. The molecule has 21 heavy (non-hydrogen) atoms. The fourth-order valence-corrected chi connectivity index (χ4v) is 2.52. The van der Waals surface area contributed by atoms with Crippen molar-refractivity contribution in [2.75, 3.05) is 6.54 Å². The average Bonchev–Trinajstić information content (AvgIpc) is 3.23. The Hall–Kier alpha value is -2.04. The van der Waals surface area contributed by atoms with Crippen LogP contribution in [-0.4, -0.2) is 29.7 Å². The number of hydrogen-bond acceptors (Lipinski definition) is 2. The van der Waals surface area contributed by atoms with Gasteiger partial charge in [-0.2, -0.15) is 0 Å². The number of urea groups is 1. The number of hydrogen-bond donors (Lipinski definition) is 3. The molecular weight excluding hydrogens is 268 g/mol. The molecule has 1 aliphatic rings. The predicted octanol–water partition coefficient (Wildman–Crippen LogP) is 2.34. The van der Waals surface area contributed by atoms with E-state index in [1.54, 1.807) is 0 Å². The zero-order valence-electron chi connectivity index (χ0n) is 12.2. The Morgan fingerprint density at radius 1 is 1.33 bits per heavy atom. The number of amides is 2. The molecule has 3 N–H and O–H groups in total. The quantitative estimate of drug-likeness (QED) is 0.721. The number of carbonyl (C=O) groups is 2. The van der Waals surface area contributed by atoms with Gasteiger partial charge in [0.1, 0.15) is 0 Å². The van der Waals surface area contributed by atoms with Gasteiger partial charge in [0.25, 0.3) is 0 Å². The Balaban J connectivity index is 1.73. The van der Waals surface area contributed by atoms with Gasteiger partial charge in [-0.15, -0.1) is 0 Å². The van der Waals surface area contributed by atoms with E-state index in [9.17, 15) is 9.59 Å². The number of rotatable bonds is 7. The van der Waals surface area contributed by atoms with Crippen molar-refractivity contribution in [1.82, 2.24) is 10.6 Å². The summed E-state index contributed by atoms with van der Waals surface area (Å²) < 4.78 is 0. The fraction of sp³-hybridized carbons (Fsp3) is 0.500. The summed E-state index contributed by atoms with van der Waals surface area (Å²) in [4.78, 5) is 22.8. The van der Waals surface area contributed by atoms with Crippen LogP contribution in [0.1, 0.15) is 37.7 Å². The summed E-state index contributed by atoms with van der Waals surface area (Å²) in [6.07, 6.45) is 2.30. The number of carboxylic acids is 1. The second kappa shape index (κ2) is 7.11. The van der Waals surface area contributed by atoms with Crippen molar-refractivity contribution in [3.63, 3.8) is 0 Å². The number of carboxylic acid groups (broad SMARTS) is 1. The van der Waals surface area contributed by atoms with Crippen molar-refractivity contribution < 1.29 is 14.7 Å². The molecule has 2 amide bonds. The molecule has 0 aromatic heterocycles. The van der Waals surface area contributed by atoms with Crippen LogP contribution in [0.5, 0.6) is 0 Å². The lowest BCUT2D eigenvalue weighted by Crippen LogP contribution is -2.41. The van der Waals surface area contributed by atoms with E-state index in [4.69, 9.17) is 5.11 Å². The minimum Gasteiger partial charge on any atom is -0.481 e. The number of aliphatic carboxylic acids is 1. The van der Waals surface area contributed by atoms with Gasteiger partial charge in [-0.3, -0.25) is 4.79 Å². The van der Waals surface area contributed by atoms with Gasteiger partial charge in [0.15, 0.2) is 0 Å². The lowest BCUT2D eigenvalue weighted by atomic mass is 10.0. The molecule has 1 fully saturated rings. The van der Waals surface area contributed by atoms with Gasteiger partial charge in [0.2, 0.25) is 0 Å². The molecule has 0 spiro atoms. The Labute approximate surface area is 124 Å². The zero-order chi connectivity index (χ0) is 15.2. The van der Waals surface area contributed by atoms with Crippen LogP contribution in [0.25, 0.3) is 0 Å². The van der Waals surface area contributed by atoms with Crippen LogP contribution in [0, 0.1) is 5.92 Å². The molecule has 1 aromatic carbocycles. The van der Waals surface area contributed by atoms with E-state index in [0.717, 1.165) is 12.8 Å². The van der Waals surface area contributed by atoms with Crippen LogP contribution >= 0.6 is 0 Å². The molecule has 0 bridgehead atoms. The number of carbonyl (C=O) groups excluding carboxylic acids is 1. The second-order valence-electron chi connectivity index (χ2n) is 5.54. The summed E-state index contributed by atoms with van der Waals surface area (Å²) in [6.45, 7) is 2.11. The second-order valence-corrected chi connectivity index (χ2v) is 5.54. The van der Waals surface area contributed by atoms with E-state index in [2.05, 4.69) is 22.8 Å². The summed E-state index contributed by atoms with van der Waals surface area (Å²) in [5.41, 5.74) is 1.23. The van der Waals surface area contributed by atoms with Gasteiger partial charge in [0, 0.05) is 18.5 Å². The normalized spacial score (nSPS) is 21.4. The molecule has 1 aromatic rings. The molecule has 3 unspecified atom stereocenters. The summed E-state index contributed by atoms with van der Waals surface area (Å²) in [6, 6.07) is 9.96. The first kappa shape index (κ1) is 15.4. The molecule has 0 saturated heterocycles. The van der Waals surface area contributed by atoms with E-state index >= 15 is 0 Å². The predicted molar refractivity (Wildman–Crippen MR) is 80.2 cm³/mol. The maximum atomic E-state index is 11.8. The van der Waals surface area contributed by atoms with Crippen LogP contribution in [0.2, 0.25) is 0 Å². The SMILES string of the molecule is CCCC(CNC(=O)NC1CC1c1ccccc1)C(=O)O. The first-order valence-corrected chi connectivity index (χ1v) is 7.44. The van der Waals surface area contributed by atoms with Crippen molar-refractivity contribution in [2.45, 2.75) is 38.1 Å². The Bertz CT molecular complexity index is 490. The first-order valence-electron chi connectivity index (χ1n) is 7.44. The lowest BCUT2D eigenvalue weighted by Gasteiger charge is -2.13. The standard InChI is InChI=1S/C16H22N2O3/c1-2-6-12(15(19)20)10-17-16(21)18-14-9-13(14)11-7-4-3-5-8-11/h3-5,7-8,12-14H,2,6,9-10H2,1H3,(H,19,20)(H2,17,18,21). The van der Waals surface area contributed by atoms with Crippen LogP contribution < -0.4 is 10.6 Å². The lowest BCUT2D eigenvalue weighted by molar-refractivity contribution is -0.141. The largest absolute Gasteiger partial charge is 0.481 e. The van der Waals surface area contributed by atoms with Crippen molar-refractivity contribution in [3.05, 3.63) is 35.9 Å². The molecule has 5 nitrogen and oxygen atoms in total. The maximum absolute atomic E-state index is 11.8. The number of benzene rings is 1. The molecule has 1 saturated carbocycles. The average molecular weight is 290 g/mol. The zero-order valence-corrected chi connectivity index (χ0v) is 12.2. The summed E-state index contributed by atoms with van der Waals surface area (Å²) >= 11 is 0. The van der Waals surface area contributed by atoms with E-state index in [1.165, 1.54) is 5.56 Å². The first-order chi connectivity index (χ1) is 10.1. The topological polar surface area (TPSA) is 78.4 Å². The maximum Gasteiger partial charge on any atom is 0.315 e. The van der Waals surface area contributed by atoms with Crippen LogP contribution in [0.3, 0.4) is 0 Å².